The van der Waals surface area contributed by atoms with E-state index in [0.29, 0.717) is 0 Å². The second-order valence-corrected chi connectivity index (χ2v) is 3.80. The Morgan fingerprint density at radius 2 is 1.42 bits per heavy atom. The van der Waals surface area contributed by atoms with Gasteiger partial charge in [-0.25, -0.2) is 14.0 Å². The Balaban J connectivity index is 4.12. The van der Waals surface area contributed by atoms with Crippen LogP contribution in [-0.2, 0) is 19.1 Å². The fourth-order valence-electron chi connectivity index (χ4n) is 0.987. The number of carbonyl (C=O) groups is 2. The molecule has 6 nitrogen and oxygen atoms in total. The van der Waals surface area contributed by atoms with Crippen molar-refractivity contribution >= 4 is 11.9 Å². The van der Waals surface area contributed by atoms with Gasteiger partial charge in [-0.3, -0.25) is 0 Å². The van der Waals surface area contributed by atoms with Crippen molar-refractivity contribution in [1.82, 2.24) is 0 Å². The van der Waals surface area contributed by atoms with Gasteiger partial charge >= 0.3 is 11.9 Å². The summed E-state index contributed by atoms with van der Waals surface area (Å²) in [6.07, 6.45) is 0.898. The van der Waals surface area contributed by atoms with Crippen LogP contribution in [0.15, 0.2) is 0 Å². The van der Waals surface area contributed by atoms with E-state index >= 15 is 0 Å². The molecule has 0 atom stereocenters. The summed E-state index contributed by atoms with van der Waals surface area (Å²) < 4.78 is 22.9. The Hall–Kier alpha value is -2.15. The van der Waals surface area contributed by atoms with Gasteiger partial charge in [-0.15, -0.1) is 0 Å². The largest absolute Gasteiger partial charge is 0.463 e. The van der Waals surface area contributed by atoms with Gasteiger partial charge in [-0.05, 0) is 19.8 Å². The molecule has 0 unspecified atom stereocenters. The predicted octanol–water partition coefficient (Wildman–Crippen LogP) is 1.41. The van der Waals surface area contributed by atoms with Crippen LogP contribution in [0.3, 0.4) is 0 Å². The topological polar surface area (TPSA) is 100 Å². The fourth-order valence-corrected chi connectivity index (χ4v) is 0.987. The summed E-state index contributed by atoms with van der Waals surface area (Å²) in [6.45, 7) is 0.494. The van der Waals surface area contributed by atoms with Gasteiger partial charge in [0.1, 0.15) is 0 Å². The van der Waals surface area contributed by atoms with Crippen LogP contribution in [0, 0.1) is 22.7 Å². The molecule has 7 heteroatoms. The maximum Gasteiger partial charge on any atom is 0.355 e. The van der Waals surface area contributed by atoms with Gasteiger partial charge in [0.25, 0.3) is 5.67 Å². The third kappa shape index (κ3) is 6.37. The van der Waals surface area contributed by atoms with Gasteiger partial charge in [0, 0.05) is 12.8 Å². The zero-order valence-electron chi connectivity index (χ0n) is 10.6. The van der Waals surface area contributed by atoms with Gasteiger partial charge in [0.15, 0.2) is 0 Å². The fraction of sp³-hybridized carbons (Fsp3) is 0.667. The summed E-state index contributed by atoms with van der Waals surface area (Å²) in [7, 11) is 0. The molecule has 0 aliphatic heterocycles. The van der Waals surface area contributed by atoms with Crippen molar-refractivity contribution in [1.29, 1.82) is 10.5 Å². The highest BCUT2D eigenvalue weighted by Crippen LogP contribution is 2.15. The summed E-state index contributed by atoms with van der Waals surface area (Å²) in [5.41, 5.74) is -2.88. The van der Waals surface area contributed by atoms with Crippen LogP contribution in [0.5, 0.6) is 0 Å². The number of carbonyl (C=O) groups excluding carboxylic acids is 2. The van der Waals surface area contributed by atoms with Crippen molar-refractivity contribution in [2.75, 3.05) is 13.2 Å². The number of unbranched alkanes of at least 4 members (excludes halogenated alkanes) is 2. The Bertz CT molecular complexity index is 360. The number of esters is 2. The van der Waals surface area contributed by atoms with Crippen LogP contribution < -0.4 is 0 Å². The molecule has 0 fully saturated rings. The number of alkyl halides is 1. The van der Waals surface area contributed by atoms with Crippen LogP contribution in [0.25, 0.3) is 0 Å². The maximum absolute atomic E-state index is 13.8. The van der Waals surface area contributed by atoms with Gasteiger partial charge in [0.05, 0.1) is 25.4 Å². The summed E-state index contributed by atoms with van der Waals surface area (Å²) in [4.78, 5) is 22.6. The molecule has 19 heavy (non-hydrogen) atoms. The van der Waals surface area contributed by atoms with E-state index < -0.39 is 17.6 Å². The predicted molar refractivity (Wildman–Crippen MR) is 61.1 cm³/mol. The molecular formula is C12H15FN2O4. The molecule has 0 aliphatic rings. The van der Waals surface area contributed by atoms with E-state index in [-0.39, 0.29) is 38.9 Å². The molecule has 0 aromatic carbocycles. The standard InChI is InChI=1S/C12H15FN2O4/c1-12(13,10(16)18-8-4-2-6-14)11(17)19-9-5-3-7-15/h2-5,8-9H2,1H3. The van der Waals surface area contributed by atoms with E-state index in [0.717, 1.165) is 6.92 Å². The highest BCUT2D eigenvalue weighted by Gasteiger charge is 2.45. The van der Waals surface area contributed by atoms with E-state index in [1.54, 1.807) is 0 Å². The minimum Gasteiger partial charge on any atom is -0.463 e. The number of ether oxygens (including phenoxy) is 2. The molecule has 0 heterocycles. The molecule has 0 aliphatic carbocycles. The van der Waals surface area contributed by atoms with Gasteiger partial charge < -0.3 is 9.47 Å². The highest BCUT2D eigenvalue weighted by atomic mass is 19.1. The summed E-state index contributed by atoms with van der Waals surface area (Å²) in [6, 6.07) is 3.68. The third-order valence-corrected chi connectivity index (χ3v) is 2.10. The Labute approximate surface area is 110 Å². The number of hydrogen-bond acceptors (Lipinski definition) is 6. The van der Waals surface area contributed by atoms with Crippen LogP contribution in [-0.4, -0.2) is 30.8 Å². The molecule has 0 bridgehead atoms. The monoisotopic (exact) mass is 270 g/mol. The lowest BCUT2D eigenvalue weighted by Crippen LogP contribution is -2.42. The van der Waals surface area contributed by atoms with E-state index in [9.17, 15) is 14.0 Å². The van der Waals surface area contributed by atoms with Crippen LogP contribution in [0.1, 0.15) is 32.6 Å². The average molecular weight is 270 g/mol. The lowest BCUT2D eigenvalue weighted by atomic mass is 10.1. The first-order chi connectivity index (χ1) is 8.96. The van der Waals surface area contributed by atoms with Crippen molar-refractivity contribution in [3.63, 3.8) is 0 Å². The lowest BCUT2D eigenvalue weighted by molar-refractivity contribution is -0.173. The smallest absolute Gasteiger partial charge is 0.355 e. The van der Waals surface area contributed by atoms with E-state index in [2.05, 4.69) is 9.47 Å². The first kappa shape index (κ1) is 16.9. The number of nitriles is 2. The zero-order chi connectivity index (χ0) is 14.7. The Morgan fingerprint density at radius 3 is 1.74 bits per heavy atom. The number of hydrogen-bond donors (Lipinski definition) is 0. The van der Waals surface area contributed by atoms with E-state index in [4.69, 9.17) is 10.5 Å². The molecule has 0 amide bonds. The first-order valence-corrected chi connectivity index (χ1v) is 5.74. The second kappa shape index (κ2) is 8.87. The SMILES string of the molecule is CC(F)(C(=O)OCCCC#N)C(=O)OCCCC#N. The minimum atomic E-state index is -2.88. The van der Waals surface area contributed by atoms with Gasteiger partial charge in [-0.2, -0.15) is 10.5 Å². The zero-order valence-corrected chi connectivity index (χ0v) is 10.6. The summed E-state index contributed by atoms with van der Waals surface area (Å²) in [5, 5.41) is 16.5. The van der Waals surface area contributed by atoms with Crippen LogP contribution in [0.2, 0.25) is 0 Å². The van der Waals surface area contributed by atoms with Crippen molar-refractivity contribution in [2.24, 2.45) is 0 Å². The number of halogens is 1. The first-order valence-electron chi connectivity index (χ1n) is 5.74. The Kier molecular flexibility index (Phi) is 7.87. The average Bonchev–Trinajstić information content (AvgIpc) is 2.39. The minimum absolute atomic E-state index is 0.131. The third-order valence-electron chi connectivity index (χ3n) is 2.10. The molecule has 0 radical (unpaired) electrons. The molecular weight excluding hydrogens is 255 g/mol. The number of nitrogens with zero attached hydrogens (tertiary/aromatic N) is 2. The number of rotatable bonds is 8. The normalized spacial score (nSPS) is 10.1. The van der Waals surface area contributed by atoms with Gasteiger partial charge in [0.2, 0.25) is 0 Å². The molecule has 0 rings (SSSR count). The van der Waals surface area contributed by atoms with Crippen molar-refractivity contribution in [3.8, 4) is 12.1 Å². The van der Waals surface area contributed by atoms with Crippen LogP contribution in [0.4, 0.5) is 4.39 Å². The van der Waals surface area contributed by atoms with Crippen LogP contribution >= 0.6 is 0 Å². The summed E-state index contributed by atoms with van der Waals surface area (Å²) in [5.74, 6) is -2.67. The molecule has 0 saturated carbocycles. The van der Waals surface area contributed by atoms with Crippen molar-refractivity contribution in [3.05, 3.63) is 0 Å². The molecule has 0 spiro atoms. The van der Waals surface area contributed by atoms with E-state index in [1.165, 1.54) is 0 Å². The van der Waals surface area contributed by atoms with E-state index in [1.807, 2.05) is 12.1 Å². The van der Waals surface area contributed by atoms with Gasteiger partial charge in [-0.1, -0.05) is 0 Å². The quantitative estimate of drug-likeness (QED) is 0.375. The molecule has 104 valence electrons. The molecule has 0 aromatic rings. The second-order valence-electron chi connectivity index (χ2n) is 3.80. The molecule has 0 N–H and O–H groups in total. The maximum atomic E-state index is 13.8. The Morgan fingerprint density at radius 1 is 1.05 bits per heavy atom. The van der Waals surface area contributed by atoms with Crippen molar-refractivity contribution < 1.29 is 23.5 Å². The lowest BCUT2D eigenvalue weighted by Gasteiger charge is -2.17. The molecule has 0 saturated heterocycles. The van der Waals surface area contributed by atoms with Crippen molar-refractivity contribution in [2.45, 2.75) is 38.3 Å². The molecule has 0 aromatic heterocycles. The highest BCUT2D eigenvalue weighted by molar-refractivity contribution is 6.02. The summed E-state index contributed by atoms with van der Waals surface area (Å²) >= 11 is 0.